The summed E-state index contributed by atoms with van der Waals surface area (Å²) in [5, 5.41) is 22.8. The number of rotatable bonds is 10. The second-order valence-corrected chi connectivity index (χ2v) is 7.36. The molecule has 0 radical (unpaired) electrons. The monoisotopic (exact) mass is 420 g/mol. The van der Waals surface area contributed by atoms with E-state index in [1.165, 1.54) is 24.3 Å². The van der Waals surface area contributed by atoms with Gasteiger partial charge in [-0.3, -0.25) is 20.2 Å². The number of nitro groups is 2. The van der Waals surface area contributed by atoms with Gasteiger partial charge in [0.2, 0.25) is 9.84 Å². The predicted octanol–water partition coefficient (Wildman–Crippen LogP) is 3.47. The molecular weight excluding hydrogens is 404 g/mol. The highest BCUT2D eigenvalue weighted by Gasteiger charge is 2.34. The third-order valence-corrected chi connectivity index (χ3v) is 5.42. The zero-order valence-electron chi connectivity index (χ0n) is 15.0. The number of ether oxygens (including phenoxy) is 2. The van der Waals surface area contributed by atoms with Crippen LogP contribution in [0.3, 0.4) is 0 Å². The number of nitrogens with zero attached hydrogens (tertiary/aromatic N) is 2. The molecule has 0 unspecified atom stereocenters. The van der Waals surface area contributed by atoms with Crippen LogP contribution in [0.2, 0.25) is 0 Å². The SMILES string of the molecule is C=CCOc1ccc(S(=O)(=O)c2ccc(OCC=C)cc2[N+](=O)[O-])c([N+](=O)[O-])c1. The number of sulfone groups is 1. The maximum absolute atomic E-state index is 13.0. The third kappa shape index (κ3) is 4.76. The van der Waals surface area contributed by atoms with Crippen molar-refractivity contribution in [2.24, 2.45) is 0 Å². The van der Waals surface area contributed by atoms with E-state index >= 15 is 0 Å². The summed E-state index contributed by atoms with van der Waals surface area (Å²) in [5.74, 6) is 0.108. The first-order valence-corrected chi connectivity index (χ1v) is 9.50. The number of hydrogen-bond donors (Lipinski definition) is 0. The fourth-order valence-corrected chi connectivity index (χ4v) is 3.89. The van der Waals surface area contributed by atoms with Crippen LogP contribution in [0.25, 0.3) is 0 Å². The van der Waals surface area contributed by atoms with Gasteiger partial charge in [0.25, 0.3) is 11.4 Å². The fraction of sp³-hybridized carbons (Fsp3) is 0.111. The fourth-order valence-electron chi connectivity index (χ4n) is 2.34. The van der Waals surface area contributed by atoms with E-state index in [1.807, 2.05) is 0 Å². The number of nitro benzene ring substituents is 2. The van der Waals surface area contributed by atoms with Crippen LogP contribution in [0.15, 0.2) is 71.5 Å². The van der Waals surface area contributed by atoms with Gasteiger partial charge in [0.15, 0.2) is 0 Å². The van der Waals surface area contributed by atoms with E-state index in [9.17, 15) is 28.6 Å². The minimum Gasteiger partial charge on any atom is -0.489 e. The van der Waals surface area contributed by atoms with Gasteiger partial charge < -0.3 is 9.47 Å². The molecule has 0 saturated carbocycles. The minimum absolute atomic E-state index is 0.0539. The lowest BCUT2D eigenvalue weighted by molar-refractivity contribution is -0.388. The summed E-state index contributed by atoms with van der Waals surface area (Å²) in [5.41, 5.74) is -1.54. The molecular formula is C18H16N2O8S. The standard InChI is InChI=1S/C18H16N2O8S/c1-3-9-27-13-5-7-17(15(11-13)19(21)22)29(25,26)18-8-6-14(28-10-4-2)12-16(18)20(23)24/h3-8,11-12H,1-2,9-10H2. The van der Waals surface area contributed by atoms with E-state index in [-0.39, 0.29) is 24.7 Å². The summed E-state index contributed by atoms with van der Waals surface area (Å²) in [6.45, 7) is 7.01. The van der Waals surface area contributed by atoms with Gasteiger partial charge in [0, 0.05) is 0 Å². The highest BCUT2D eigenvalue weighted by atomic mass is 32.2. The molecule has 0 fully saturated rings. The maximum Gasteiger partial charge on any atom is 0.292 e. The van der Waals surface area contributed by atoms with Gasteiger partial charge in [-0.2, -0.15) is 0 Å². The first kappa shape index (κ1) is 21.6. The molecule has 0 aliphatic rings. The van der Waals surface area contributed by atoms with Crippen molar-refractivity contribution in [3.05, 3.63) is 81.9 Å². The molecule has 0 atom stereocenters. The molecule has 152 valence electrons. The zero-order valence-corrected chi connectivity index (χ0v) is 15.8. The molecule has 0 aliphatic heterocycles. The molecule has 0 amide bonds. The van der Waals surface area contributed by atoms with Crippen molar-refractivity contribution in [3.8, 4) is 11.5 Å². The van der Waals surface area contributed by atoms with Gasteiger partial charge >= 0.3 is 0 Å². The lowest BCUT2D eigenvalue weighted by Gasteiger charge is -2.10. The van der Waals surface area contributed by atoms with E-state index in [1.54, 1.807) is 0 Å². The first-order chi connectivity index (χ1) is 13.7. The second kappa shape index (κ2) is 8.97. The minimum atomic E-state index is -4.60. The molecule has 10 nitrogen and oxygen atoms in total. The summed E-state index contributed by atoms with van der Waals surface area (Å²) in [6.07, 6.45) is 2.83. The Morgan fingerprint density at radius 2 is 1.21 bits per heavy atom. The van der Waals surface area contributed by atoms with Crippen LogP contribution in [0, 0.1) is 20.2 Å². The van der Waals surface area contributed by atoms with Gasteiger partial charge in [-0.05, 0) is 24.3 Å². The van der Waals surface area contributed by atoms with Crippen molar-refractivity contribution in [3.63, 3.8) is 0 Å². The smallest absolute Gasteiger partial charge is 0.292 e. The topological polar surface area (TPSA) is 139 Å². The second-order valence-electron chi connectivity index (χ2n) is 5.48. The van der Waals surface area contributed by atoms with E-state index in [4.69, 9.17) is 9.47 Å². The molecule has 0 heterocycles. The normalized spacial score (nSPS) is 10.8. The van der Waals surface area contributed by atoms with Gasteiger partial charge in [0.05, 0.1) is 22.0 Å². The Kier molecular flexibility index (Phi) is 6.67. The van der Waals surface area contributed by atoms with Crippen molar-refractivity contribution in [2.75, 3.05) is 13.2 Å². The van der Waals surface area contributed by atoms with E-state index in [0.717, 1.165) is 24.3 Å². The quantitative estimate of drug-likeness (QED) is 0.323. The van der Waals surface area contributed by atoms with Crippen molar-refractivity contribution in [2.45, 2.75) is 9.79 Å². The molecule has 0 aromatic heterocycles. The Labute approximate surface area is 165 Å². The lowest BCUT2D eigenvalue weighted by atomic mass is 10.3. The summed E-state index contributed by atoms with van der Waals surface area (Å²) in [7, 11) is -4.60. The molecule has 0 saturated heterocycles. The van der Waals surface area contributed by atoms with E-state index < -0.39 is 40.8 Å². The number of benzene rings is 2. The molecule has 0 aliphatic carbocycles. The molecule has 2 rings (SSSR count). The molecule has 0 spiro atoms. The molecule has 29 heavy (non-hydrogen) atoms. The van der Waals surface area contributed by atoms with Crippen molar-refractivity contribution in [1.29, 1.82) is 0 Å². The van der Waals surface area contributed by atoms with Crippen LogP contribution in [-0.4, -0.2) is 31.5 Å². The first-order valence-electron chi connectivity index (χ1n) is 8.01. The van der Waals surface area contributed by atoms with Crippen LogP contribution >= 0.6 is 0 Å². The van der Waals surface area contributed by atoms with E-state index in [0.29, 0.717) is 0 Å². The van der Waals surface area contributed by atoms with Crippen LogP contribution < -0.4 is 9.47 Å². The average Bonchev–Trinajstić information content (AvgIpc) is 2.70. The van der Waals surface area contributed by atoms with Crippen molar-refractivity contribution in [1.82, 2.24) is 0 Å². The molecule has 2 aromatic rings. The van der Waals surface area contributed by atoms with Gasteiger partial charge in [0.1, 0.15) is 34.5 Å². The van der Waals surface area contributed by atoms with Crippen molar-refractivity contribution < 1.29 is 27.7 Å². The third-order valence-electron chi connectivity index (χ3n) is 3.57. The lowest BCUT2D eigenvalue weighted by Crippen LogP contribution is -2.09. The average molecular weight is 420 g/mol. The highest BCUT2D eigenvalue weighted by Crippen LogP contribution is 2.37. The Morgan fingerprint density at radius 1 is 0.828 bits per heavy atom. The maximum atomic E-state index is 13.0. The van der Waals surface area contributed by atoms with E-state index in [2.05, 4.69) is 13.2 Å². The summed E-state index contributed by atoms with van der Waals surface area (Å²) >= 11 is 0. The Hall–Kier alpha value is -3.73. The summed E-state index contributed by atoms with van der Waals surface area (Å²) < 4.78 is 36.4. The van der Waals surface area contributed by atoms with Gasteiger partial charge in [-0.1, -0.05) is 25.3 Å². The predicted molar refractivity (Wildman–Crippen MR) is 103 cm³/mol. The Balaban J connectivity index is 2.62. The van der Waals surface area contributed by atoms with Crippen LogP contribution in [0.4, 0.5) is 11.4 Å². The highest BCUT2D eigenvalue weighted by molar-refractivity contribution is 7.91. The molecule has 2 aromatic carbocycles. The van der Waals surface area contributed by atoms with Gasteiger partial charge in [-0.15, -0.1) is 0 Å². The summed E-state index contributed by atoms with van der Waals surface area (Å²) in [4.78, 5) is 19.6. The largest absolute Gasteiger partial charge is 0.489 e. The molecule has 11 heteroatoms. The summed E-state index contributed by atoms with van der Waals surface area (Å²) in [6, 6.07) is 6.25. The van der Waals surface area contributed by atoms with Gasteiger partial charge in [-0.25, -0.2) is 8.42 Å². The van der Waals surface area contributed by atoms with Crippen LogP contribution in [0.5, 0.6) is 11.5 Å². The van der Waals surface area contributed by atoms with Crippen molar-refractivity contribution >= 4 is 21.2 Å². The Morgan fingerprint density at radius 3 is 1.52 bits per heavy atom. The van der Waals surface area contributed by atoms with Crippen LogP contribution in [-0.2, 0) is 9.84 Å². The Bertz CT molecular complexity index is 1000. The molecule has 0 N–H and O–H groups in total. The zero-order chi connectivity index (χ0) is 21.6. The van der Waals surface area contributed by atoms with Crippen LogP contribution in [0.1, 0.15) is 0 Å². The number of hydrogen-bond acceptors (Lipinski definition) is 8. The molecule has 0 bridgehead atoms.